The van der Waals surface area contributed by atoms with E-state index in [0.29, 0.717) is 25.5 Å². The molecule has 0 amide bonds. The van der Waals surface area contributed by atoms with E-state index in [0.717, 1.165) is 29.4 Å². The second kappa shape index (κ2) is 7.77. The van der Waals surface area contributed by atoms with Gasteiger partial charge in [0.15, 0.2) is 17.5 Å². The lowest BCUT2D eigenvalue weighted by atomic mass is 9.64. The first-order valence-corrected chi connectivity index (χ1v) is 7.93. The van der Waals surface area contributed by atoms with E-state index in [-0.39, 0.29) is 29.4 Å². The van der Waals surface area contributed by atoms with Crippen molar-refractivity contribution in [3.63, 3.8) is 0 Å². The minimum atomic E-state index is 0. The van der Waals surface area contributed by atoms with Crippen molar-refractivity contribution in [3.05, 3.63) is 23.8 Å². The van der Waals surface area contributed by atoms with Gasteiger partial charge in [-0.15, -0.1) is 24.0 Å². The summed E-state index contributed by atoms with van der Waals surface area (Å²) in [4.78, 5) is 4.31. The third-order valence-electron chi connectivity index (χ3n) is 4.89. The fourth-order valence-corrected chi connectivity index (χ4v) is 3.13. The van der Waals surface area contributed by atoms with Crippen LogP contribution in [0.5, 0.6) is 11.5 Å². The van der Waals surface area contributed by atoms with Gasteiger partial charge in [-0.1, -0.05) is 19.9 Å². The maximum Gasteiger partial charge on any atom is 0.231 e. The molecule has 2 aliphatic rings. The van der Waals surface area contributed by atoms with E-state index < -0.39 is 0 Å². The summed E-state index contributed by atoms with van der Waals surface area (Å²) in [6, 6.07) is 6.32. The minimum absolute atomic E-state index is 0. The number of nitrogens with one attached hydrogen (secondary N) is 2. The van der Waals surface area contributed by atoms with Crippen molar-refractivity contribution in [2.45, 2.75) is 39.0 Å². The van der Waals surface area contributed by atoms with E-state index in [2.05, 4.69) is 29.5 Å². The molecule has 1 saturated carbocycles. The summed E-state index contributed by atoms with van der Waals surface area (Å²) in [6.45, 7) is 5.41. The van der Waals surface area contributed by atoms with Crippen molar-refractivity contribution in [3.8, 4) is 11.5 Å². The molecule has 2 atom stereocenters. The number of ether oxygens (including phenoxy) is 3. The molecule has 1 aromatic rings. The highest BCUT2D eigenvalue weighted by Gasteiger charge is 2.48. The average molecular weight is 447 g/mol. The summed E-state index contributed by atoms with van der Waals surface area (Å²) in [7, 11) is 3.56. The van der Waals surface area contributed by atoms with Crippen LogP contribution in [0, 0.1) is 5.41 Å². The van der Waals surface area contributed by atoms with Crippen LogP contribution >= 0.6 is 24.0 Å². The van der Waals surface area contributed by atoms with Gasteiger partial charge in [0, 0.05) is 32.2 Å². The SMILES string of the molecule is CN=C(NCc1ccc2c(c1)OCO2)NC1CC(OC)C1(C)C.I. The Labute approximate surface area is 160 Å². The molecule has 1 aliphatic carbocycles. The van der Waals surface area contributed by atoms with E-state index in [4.69, 9.17) is 14.2 Å². The van der Waals surface area contributed by atoms with Gasteiger partial charge in [-0.2, -0.15) is 0 Å². The number of guanidine groups is 1. The topological polar surface area (TPSA) is 64.1 Å². The Kier molecular flexibility index (Phi) is 6.19. The van der Waals surface area contributed by atoms with Crippen LogP contribution in [0.15, 0.2) is 23.2 Å². The van der Waals surface area contributed by atoms with Crippen LogP contribution < -0.4 is 20.1 Å². The number of benzene rings is 1. The molecule has 6 nitrogen and oxygen atoms in total. The summed E-state index contributed by atoms with van der Waals surface area (Å²) >= 11 is 0. The molecule has 24 heavy (non-hydrogen) atoms. The summed E-state index contributed by atoms with van der Waals surface area (Å²) < 4.78 is 16.2. The summed E-state index contributed by atoms with van der Waals surface area (Å²) in [6.07, 6.45) is 1.29. The molecule has 0 spiro atoms. The Morgan fingerprint density at radius 2 is 2.08 bits per heavy atom. The highest BCUT2D eigenvalue weighted by atomic mass is 127. The number of rotatable bonds is 4. The monoisotopic (exact) mass is 447 g/mol. The van der Waals surface area contributed by atoms with Gasteiger partial charge in [-0.3, -0.25) is 4.99 Å². The normalized spacial score (nSPS) is 23.9. The molecule has 1 aliphatic heterocycles. The molecule has 0 bridgehead atoms. The predicted molar refractivity (Wildman–Crippen MR) is 104 cm³/mol. The predicted octanol–water partition coefficient (Wildman–Crippen LogP) is 2.51. The number of aliphatic imine (C=N–C) groups is 1. The Bertz CT molecular complexity index is 607. The molecule has 0 aromatic heterocycles. The van der Waals surface area contributed by atoms with Crippen molar-refractivity contribution in [2.75, 3.05) is 21.0 Å². The van der Waals surface area contributed by atoms with Crippen LogP contribution in [0.1, 0.15) is 25.8 Å². The second-order valence-electron chi connectivity index (χ2n) is 6.59. The number of methoxy groups -OCH3 is 1. The number of hydrogen-bond donors (Lipinski definition) is 2. The molecule has 7 heteroatoms. The van der Waals surface area contributed by atoms with Gasteiger partial charge in [0.1, 0.15) is 0 Å². The van der Waals surface area contributed by atoms with Gasteiger partial charge in [0.05, 0.1) is 6.10 Å². The van der Waals surface area contributed by atoms with Crippen molar-refractivity contribution in [1.29, 1.82) is 0 Å². The van der Waals surface area contributed by atoms with Gasteiger partial charge in [-0.25, -0.2) is 0 Å². The zero-order valence-corrected chi connectivity index (χ0v) is 16.9. The Balaban J connectivity index is 0.00000208. The lowest BCUT2D eigenvalue weighted by Crippen LogP contribution is -2.63. The van der Waals surface area contributed by atoms with Crippen molar-refractivity contribution in [2.24, 2.45) is 10.4 Å². The van der Waals surface area contributed by atoms with Gasteiger partial charge in [-0.05, 0) is 24.1 Å². The zero-order chi connectivity index (χ0) is 16.4. The van der Waals surface area contributed by atoms with Gasteiger partial charge < -0.3 is 24.8 Å². The van der Waals surface area contributed by atoms with Crippen LogP contribution in [0.4, 0.5) is 0 Å². The Morgan fingerprint density at radius 1 is 1.33 bits per heavy atom. The van der Waals surface area contributed by atoms with Crippen molar-refractivity contribution >= 4 is 29.9 Å². The molecule has 0 saturated heterocycles. The summed E-state index contributed by atoms with van der Waals surface area (Å²) in [5, 5.41) is 6.83. The van der Waals surface area contributed by atoms with E-state index in [1.54, 1.807) is 14.2 Å². The number of nitrogens with zero attached hydrogens (tertiary/aromatic N) is 1. The largest absolute Gasteiger partial charge is 0.454 e. The molecule has 0 radical (unpaired) electrons. The average Bonchev–Trinajstić information content (AvgIpc) is 3.01. The fraction of sp³-hybridized carbons (Fsp3) is 0.588. The number of hydrogen-bond acceptors (Lipinski definition) is 4. The number of fused-ring (bicyclic) bond motifs is 1. The Morgan fingerprint density at radius 3 is 2.75 bits per heavy atom. The quantitative estimate of drug-likeness (QED) is 0.422. The smallest absolute Gasteiger partial charge is 0.231 e. The van der Waals surface area contributed by atoms with Crippen LogP contribution in [0.25, 0.3) is 0 Å². The minimum Gasteiger partial charge on any atom is -0.454 e. The summed E-state index contributed by atoms with van der Waals surface area (Å²) in [5.74, 6) is 2.41. The first-order valence-electron chi connectivity index (χ1n) is 7.93. The molecule has 1 heterocycles. The standard InChI is InChI=1S/C17H25N3O3.HI/c1-17(2)14(8-15(17)21-4)20-16(18-3)19-9-11-5-6-12-13(7-11)23-10-22-12;/h5-7,14-15H,8-10H2,1-4H3,(H2,18,19,20);1H. The fourth-order valence-electron chi connectivity index (χ4n) is 3.13. The zero-order valence-electron chi connectivity index (χ0n) is 14.6. The first kappa shape index (κ1) is 19.1. The second-order valence-corrected chi connectivity index (χ2v) is 6.59. The number of halogens is 1. The molecule has 134 valence electrons. The van der Waals surface area contributed by atoms with E-state index in [1.165, 1.54) is 0 Å². The lowest BCUT2D eigenvalue weighted by molar-refractivity contribution is -0.0922. The Hall–Kier alpha value is -1.22. The highest BCUT2D eigenvalue weighted by molar-refractivity contribution is 14.0. The van der Waals surface area contributed by atoms with Gasteiger partial charge in [0.25, 0.3) is 0 Å². The van der Waals surface area contributed by atoms with Crippen LogP contribution in [0.3, 0.4) is 0 Å². The van der Waals surface area contributed by atoms with Gasteiger partial charge >= 0.3 is 0 Å². The van der Waals surface area contributed by atoms with Crippen molar-refractivity contribution in [1.82, 2.24) is 10.6 Å². The van der Waals surface area contributed by atoms with Gasteiger partial charge in [0.2, 0.25) is 6.79 Å². The molecule has 1 aromatic carbocycles. The van der Waals surface area contributed by atoms with E-state index >= 15 is 0 Å². The van der Waals surface area contributed by atoms with E-state index in [9.17, 15) is 0 Å². The molecular formula is C17H26IN3O3. The molecular weight excluding hydrogens is 421 g/mol. The maximum atomic E-state index is 5.49. The molecule has 2 unspecified atom stereocenters. The van der Waals surface area contributed by atoms with E-state index in [1.807, 2.05) is 18.2 Å². The van der Waals surface area contributed by atoms with Crippen LogP contribution in [-0.2, 0) is 11.3 Å². The molecule has 3 rings (SSSR count). The van der Waals surface area contributed by atoms with Crippen molar-refractivity contribution < 1.29 is 14.2 Å². The van der Waals surface area contributed by atoms with Crippen LogP contribution in [-0.4, -0.2) is 39.1 Å². The summed E-state index contributed by atoms with van der Waals surface area (Å²) in [5.41, 5.74) is 1.23. The maximum absolute atomic E-state index is 5.49. The van der Waals surface area contributed by atoms with Crippen LogP contribution in [0.2, 0.25) is 0 Å². The third-order valence-corrected chi connectivity index (χ3v) is 4.89. The first-order chi connectivity index (χ1) is 11.0. The highest BCUT2D eigenvalue weighted by Crippen LogP contribution is 2.42. The molecule has 2 N–H and O–H groups in total. The third kappa shape index (κ3) is 3.72. The molecule has 1 fully saturated rings. The lowest BCUT2D eigenvalue weighted by Gasteiger charge is -2.51.